The predicted octanol–water partition coefficient (Wildman–Crippen LogP) is 23.2. The fourth-order valence-corrected chi connectivity index (χ4v) is 11.4. The fourth-order valence-electron chi connectivity index (χ4n) is 9.84. The van der Waals surface area contributed by atoms with Crippen LogP contribution in [-0.2, 0) is 65.4 Å². The summed E-state index contributed by atoms with van der Waals surface area (Å²) in [5, 5.41) is 10.6. The maximum absolute atomic E-state index is 13.1. The summed E-state index contributed by atoms with van der Waals surface area (Å²) >= 11 is 0. The Kier molecular flexibility index (Phi) is 72.0. The van der Waals surface area contributed by atoms with E-state index >= 15 is 0 Å². The van der Waals surface area contributed by atoms with Crippen molar-refractivity contribution in [2.45, 2.75) is 316 Å². The molecule has 104 heavy (non-hydrogen) atoms. The van der Waals surface area contributed by atoms with E-state index in [0.717, 1.165) is 116 Å². The summed E-state index contributed by atoms with van der Waals surface area (Å²) in [5.74, 6) is -2.39. The average Bonchev–Trinajstić information content (AvgIpc) is 0.910. The molecule has 0 aliphatic carbocycles. The Morgan fingerprint density at radius 2 is 0.481 bits per heavy atom. The topological polar surface area (TPSA) is 237 Å². The smallest absolute Gasteiger partial charge is 0.462 e. The number of unbranched alkanes of at least 4 members (excludes halogenated alkanes) is 21. The highest BCUT2D eigenvalue weighted by atomic mass is 31.2. The van der Waals surface area contributed by atoms with Crippen LogP contribution in [0, 0.1) is 0 Å². The molecule has 0 aromatic rings. The number of carbonyl (C=O) groups is 4. The standard InChI is InChI=1S/C85H140O17P2/c1-5-9-13-17-21-25-29-33-36-39-42-46-49-53-57-61-65-69-82(87)95-75-80(101-84(89)71-67-63-59-55-51-45-32-28-24-20-16-12-8-4)77-99-103(91,92)97-73-79(86)74-98-104(93,94)100-78-81(102-85(90)72-68-64-60-56-52-48-44-41-38-35-31-27-23-19-15-11-7-3)76-96-83(88)70-66-62-58-54-50-47-43-40-37-34-30-26-22-18-14-10-6-2/h21-23,25-28,32-38,42-44,46-48,53-54,56-58,60,79-81,86H,5-20,24,29-31,39-41,45,49-52,55,59,61-78H2,1-4H3,(H,91,92)(H,93,94)/b25-21-,26-22-,27-23-,32-28-,36-33-,37-34-,38-35-,46-42-,47-43-,48-44-,57-53-,58-54-,60-56-/t79-,80+,81+/m0/s1. The molecular formula is C85H140O17P2. The molecule has 0 aliphatic rings. The predicted molar refractivity (Wildman–Crippen MR) is 427 cm³/mol. The molecule has 19 heteroatoms. The van der Waals surface area contributed by atoms with E-state index in [0.29, 0.717) is 44.9 Å². The summed E-state index contributed by atoms with van der Waals surface area (Å²) in [6.07, 6.45) is 88.2. The zero-order chi connectivity index (χ0) is 76.0. The first kappa shape index (κ1) is 98.7. The van der Waals surface area contributed by atoms with Gasteiger partial charge in [0, 0.05) is 25.7 Å². The van der Waals surface area contributed by atoms with E-state index in [1.807, 2.05) is 36.5 Å². The maximum Gasteiger partial charge on any atom is 0.472 e. The van der Waals surface area contributed by atoms with Gasteiger partial charge in [-0.15, -0.1) is 0 Å². The monoisotopic (exact) mass is 1490 g/mol. The molecule has 0 fully saturated rings. The average molecular weight is 1500 g/mol. The SMILES string of the molecule is CCCCC/C=C\C/C=C\C/C=C\C/C=C\CCCC(=O)OC[C@H](COP(=O)(O)OC[C@@H](O)COP(=O)(O)OC[C@@H](COC(=O)CCC/C=C\C/C=C\C/C=C\C/C=C\CCCCC)OC(=O)CCCCCCC/C=C\CCCCCC)OC(=O)CCC/C=C\C/C=C\C/C=C\C/C=C\CCCCC. The molecule has 0 aromatic carbocycles. The van der Waals surface area contributed by atoms with Gasteiger partial charge in [-0.25, -0.2) is 9.13 Å². The molecule has 0 aliphatic heterocycles. The van der Waals surface area contributed by atoms with E-state index in [1.54, 1.807) is 0 Å². The molecular weight excluding hydrogens is 1350 g/mol. The van der Waals surface area contributed by atoms with Crippen molar-refractivity contribution in [2.24, 2.45) is 0 Å². The number of aliphatic hydroxyl groups excluding tert-OH is 1. The quantitative estimate of drug-likeness (QED) is 0.0169. The number of ether oxygens (including phenoxy) is 4. The third-order valence-corrected chi connectivity index (χ3v) is 17.8. The molecule has 592 valence electrons. The van der Waals surface area contributed by atoms with Gasteiger partial charge < -0.3 is 33.8 Å². The zero-order valence-electron chi connectivity index (χ0n) is 64.6. The van der Waals surface area contributed by atoms with Gasteiger partial charge in [0.15, 0.2) is 12.2 Å². The second-order valence-corrected chi connectivity index (χ2v) is 28.8. The normalized spacial score (nSPS) is 14.7. The lowest BCUT2D eigenvalue weighted by Crippen LogP contribution is -2.30. The molecule has 0 saturated carbocycles. The van der Waals surface area contributed by atoms with E-state index in [-0.39, 0.29) is 25.7 Å². The molecule has 0 amide bonds. The van der Waals surface area contributed by atoms with E-state index in [1.165, 1.54) is 83.5 Å². The van der Waals surface area contributed by atoms with Crippen molar-refractivity contribution in [1.82, 2.24) is 0 Å². The van der Waals surface area contributed by atoms with Crippen molar-refractivity contribution in [3.05, 3.63) is 158 Å². The summed E-state index contributed by atoms with van der Waals surface area (Å²) in [5.41, 5.74) is 0. The number of phosphoric ester groups is 2. The summed E-state index contributed by atoms with van der Waals surface area (Å²) in [7, 11) is -10.0. The second kappa shape index (κ2) is 75.9. The van der Waals surface area contributed by atoms with Gasteiger partial charge in [0.25, 0.3) is 0 Å². The number of allylic oxidation sites excluding steroid dienone is 26. The van der Waals surface area contributed by atoms with E-state index < -0.39 is 97.5 Å². The zero-order valence-corrected chi connectivity index (χ0v) is 66.4. The lowest BCUT2D eigenvalue weighted by Gasteiger charge is -2.21. The number of aliphatic hydroxyl groups is 1. The molecule has 0 saturated heterocycles. The Morgan fingerprint density at radius 1 is 0.269 bits per heavy atom. The van der Waals surface area contributed by atoms with Crippen LogP contribution in [0.4, 0.5) is 0 Å². The van der Waals surface area contributed by atoms with Gasteiger partial charge in [0.05, 0.1) is 26.4 Å². The Balaban J connectivity index is 5.52. The lowest BCUT2D eigenvalue weighted by atomic mass is 10.1. The van der Waals surface area contributed by atoms with Crippen molar-refractivity contribution in [1.29, 1.82) is 0 Å². The van der Waals surface area contributed by atoms with Gasteiger partial charge in [-0.3, -0.25) is 37.3 Å². The fraction of sp³-hybridized carbons (Fsp3) is 0.647. The molecule has 17 nitrogen and oxygen atoms in total. The summed E-state index contributed by atoms with van der Waals surface area (Å²) in [4.78, 5) is 72.9. The molecule has 5 atom stereocenters. The van der Waals surface area contributed by atoms with E-state index in [4.69, 9.17) is 37.0 Å². The van der Waals surface area contributed by atoms with Crippen molar-refractivity contribution >= 4 is 39.5 Å². The van der Waals surface area contributed by atoms with Gasteiger partial charge in [0.2, 0.25) is 0 Å². The minimum absolute atomic E-state index is 0.00107. The summed E-state index contributed by atoms with van der Waals surface area (Å²) in [6, 6.07) is 0. The largest absolute Gasteiger partial charge is 0.472 e. The van der Waals surface area contributed by atoms with Crippen molar-refractivity contribution in [2.75, 3.05) is 39.6 Å². The third-order valence-electron chi connectivity index (χ3n) is 15.9. The van der Waals surface area contributed by atoms with Crippen LogP contribution in [0.5, 0.6) is 0 Å². The molecule has 0 bridgehead atoms. The first-order chi connectivity index (χ1) is 50.7. The molecule has 3 N–H and O–H groups in total. The van der Waals surface area contributed by atoms with Crippen LogP contribution >= 0.6 is 15.6 Å². The Bertz CT molecular complexity index is 2590. The number of phosphoric acid groups is 2. The highest BCUT2D eigenvalue weighted by Crippen LogP contribution is 2.45. The number of hydrogen-bond donors (Lipinski definition) is 3. The number of carbonyl (C=O) groups excluding carboxylic acids is 4. The third kappa shape index (κ3) is 74.9. The van der Waals surface area contributed by atoms with Crippen LogP contribution in [0.15, 0.2) is 158 Å². The van der Waals surface area contributed by atoms with Crippen molar-refractivity contribution < 1.29 is 80.2 Å². The van der Waals surface area contributed by atoms with Gasteiger partial charge in [-0.2, -0.15) is 0 Å². The Morgan fingerprint density at radius 3 is 0.788 bits per heavy atom. The summed E-state index contributed by atoms with van der Waals surface area (Å²) in [6.45, 7) is 4.56. The first-order valence-electron chi connectivity index (χ1n) is 39.7. The maximum atomic E-state index is 13.1. The molecule has 0 radical (unpaired) electrons. The second-order valence-electron chi connectivity index (χ2n) is 25.9. The molecule has 0 rings (SSSR count). The van der Waals surface area contributed by atoms with Crippen LogP contribution in [0.2, 0.25) is 0 Å². The highest BCUT2D eigenvalue weighted by molar-refractivity contribution is 7.47. The van der Waals surface area contributed by atoms with Gasteiger partial charge in [-0.1, -0.05) is 263 Å². The summed E-state index contributed by atoms with van der Waals surface area (Å²) < 4.78 is 68.4. The minimum Gasteiger partial charge on any atom is -0.462 e. The first-order valence-corrected chi connectivity index (χ1v) is 42.7. The van der Waals surface area contributed by atoms with Crippen LogP contribution in [-0.4, -0.2) is 96.7 Å². The van der Waals surface area contributed by atoms with Crippen LogP contribution < -0.4 is 0 Å². The number of rotatable bonds is 73. The van der Waals surface area contributed by atoms with Crippen molar-refractivity contribution in [3.8, 4) is 0 Å². The van der Waals surface area contributed by atoms with E-state index in [9.17, 15) is 43.2 Å². The Labute approximate surface area is 629 Å². The van der Waals surface area contributed by atoms with Gasteiger partial charge >= 0.3 is 39.5 Å². The molecule has 0 heterocycles. The van der Waals surface area contributed by atoms with Gasteiger partial charge in [-0.05, 0) is 167 Å². The molecule has 0 aromatic heterocycles. The Hall–Kier alpha value is -5.32. The number of hydrogen-bond acceptors (Lipinski definition) is 15. The van der Waals surface area contributed by atoms with Crippen molar-refractivity contribution in [3.63, 3.8) is 0 Å². The molecule has 2 unspecified atom stereocenters. The van der Waals surface area contributed by atoms with Crippen LogP contribution in [0.3, 0.4) is 0 Å². The lowest BCUT2D eigenvalue weighted by molar-refractivity contribution is -0.161. The van der Waals surface area contributed by atoms with Gasteiger partial charge in [0.1, 0.15) is 19.3 Å². The highest BCUT2D eigenvalue weighted by Gasteiger charge is 2.30. The van der Waals surface area contributed by atoms with Crippen LogP contribution in [0.1, 0.15) is 297 Å². The minimum atomic E-state index is -5.01. The number of esters is 4. The van der Waals surface area contributed by atoms with Crippen LogP contribution in [0.25, 0.3) is 0 Å². The van der Waals surface area contributed by atoms with E-state index in [2.05, 4.69) is 149 Å². The molecule has 0 spiro atoms.